The van der Waals surface area contributed by atoms with Gasteiger partial charge in [0.1, 0.15) is 0 Å². The Morgan fingerprint density at radius 3 is 1.35 bits per heavy atom. The summed E-state index contributed by atoms with van der Waals surface area (Å²) >= 11 is 0. The van der Waals surface area contributed by atoms with Crippen molar-refractivity contribution >= 4 is 5.69 Å². The number of nitrogens with zero attached hydrogens (tertiary/aromatic N) is 1. The Kier molecular flexibility index (Phi) is 4.04. The first-order valence-corrected chi connectivity index (χ1v) is 5.76. The van der Waals surface area contributed by atoms with Crippen LogP contribution in [0.15, 0.2) is 18.2 Å². The maximum absolute atomic E-state index is 12.7. The summed E-state index contributed by atoms with van der Waals surface area (Å²) in [4.78, 5) is 1.37. The Balaban J connectivity index is 3.47. The number of halogens is 6. The van der Waals surface area contributed by atoms with Gasteiger partial charge >= 0.3 is 12.4 Å². The van der Waals surface area contributed by atoms with Crippen molar-refractivity contribution in [2.45, 2.75) is 38.7 Å². The van der Waals surface area contributed by atoms with E-state index in [9.17, 15) is 26.3 Å². The van der Waals surface area contributed by atoms with Gasteiger partial charge in [-0.3, -0.25) is 0 Å². The van der Waals surface area contributed by atoms with Gasteiger partial charge in [-0.05, 0) is 39.0 Å². The van der Waals surface area contributed by atoms with Crippen LogP contribution in [-0.4, -0.2) is 12.6 Å². The van der Waals surface area contributed by atoms with Gasteiger partial charge in [0.15, 0.2) is 0 Å². The molecule has 0 aliphatic rings. The van der Waals surface area contributed by atoms with Gasteiger partial charge in [-0.1, -0.05) is 0 Å². The smallest absolute Gasteiger partial charge is 0.370 e. The molecule has 0 aromatic heterocycles. The highest BCUT2D eigenvalue weighted by atomic mass is 19.4. The molecule has 1 rings (SSSR count). The highest BCUT2D eigenvalue weighted by Gasteiger charge is 2.37. The molecule has 0 spiro atoms. The van der Waals surface area contributed by atoms with E-state index in [2.05, 4.69) is 0 Å². The number of rotatable bonds is 1. The second kappa shape index (κ2) is 4.86. The third-order valence-corrected chi connectivity index (χ3v) is 2.97. The lowest BCUT2D eigenvalue weighted by Gasteiger charge is -2.34. The molecule has 0 heterocycles. The number of benzene rings is 1. The summed E-state index contributed by atoms with van der Waals surface area (Å²) in [6.07, 6.45) is -9.65. The van der Waals surface area contributed by atoms with Crippen molar-refractivity contribution in [2.24, 2.45) is 0 Å². The SMILES string of the molecule is CN(c1cc(C(F)(F)F)cc(C(F)(F)F)c1)C(C)(C)C. The molecule has 0 atom stereocenters. The molecule has 0 aliphatic carbocycles. The van der Waals surface area contributed by atoms with Crippen molar-refractivity contribution < 1.29 is 26.3 Å². The van der Waals surface area contributed by atoms with E-state index >= 15 is 0 Å². The van der Waals surface area contributed by atoms with E-state index in [0.29, 0.717) is 0 Å². The highest BCUT2D eigenvalue weighted by Crippen LogP contribution is 2.39. The van der Waals surface area contributed by atoms with Gasteiger partial charge in [-0.25, -0.2) is 0 Å². The van der Waals surface area contributed by atoms with Crippen molar-refractivity contribution in [2.75, 3.05) is 11.9 Å². The third kappa shape index (κ3) is 3.80. The van der Waals surface area contributed by atoms with E-state index in [4.69, 9.17) is 0 Å². The summed E-state index contributed by atoms with van der Waals surface area (Å²) < 4.78 is 76.3. The second-order valence-corrected chi connectivity index (χ2v) is 5.49. The van der Waals surface area contributed by atoms with Crippen molar-refractivity contribution in [3.8, 4) is 0 Å². The predicted molar refractivity (Wildman–Crippen MR) is 64.6 cm³/mol. The van der Waals surface area contributed by atoms with Crippen LogP contribution in [-0.2, 0) is 12.4 Å². The topological polar surface area (TPSA) is 3.24 Å². The molecule has 0 aliphatic heterocycles. The van der Waals surface area contributed by atoms with E-state index < -0.39 is 29.0 Å². The van der Waals surface area contributed by atoms with E-state index in [-0.39, 0.29) is 11.8 Å². The van der Waals surface area contributed by atoms with Crippen LogP contribution in [0.2, 0.25) is 0 Å². The maximum atomic E-state index is 12.7. The fourth-order valence-electron chi connectivity index (χ4n) is 1.52. The molecule has 1 aromatic carbocycles. The molecular weight excluding hydrogens is 284 g/mol. The van der Waals surface area contributed by atoms with Gasteiger partial charge in [-0.2, -0.15) is 26.3 Å². The zero-order valence-corrected chi connectivity index (χ0v) is 11.4. The first-order valence-electron chi connectivity index (χ1n) is 5.76. The van der Waals surface area contributed by atoms with Crippen LogP contribution in [0.3, 0.4) is 0 Å². The molecule has 7 heteroatoms. The van der Waals surface area contributed by atoms with Crippen molar-refractivity contribution in [1.29, 1.82) is 0 Å². The molecule has 0 saturated heterocycles. The molecule has 0 N–H and O–H groups in total. The van der Waals surface area contributed by atoms with E-state index in [1.807, 2.05) is 0 Å². The van der Waals surface area contributed by atoms with Crippen molar-refractivity contribution in [1.82, 2.24) is 0 Å². The van der Waals surface area contributed by atoms with Gasteiger partial charge in [0.2, 0.25) is 0 Å². The molecule has 1 nitrogen and oxygen atoms in total. The lowest BCUT2D eigenvalue weighted by atomic mass is 10.0. The van der Waals surface area contributed by atoms with Crippen LogP contribution >= 0.6 is 0 Å². The minimum absolute atomic E-state index is 0.125. The molecule has 0 fully saturated rings. The second-order valence-electron chi connectivity index (χ2n) is 5.49. The molecule has 114 valence electrons. The number of alkyl halides is 6. The molecule has 0 bridgehead atoms. The normalized spacial score (nSPS) is 13.5. The van der Waals surface area contributed by atoms with Gasteiger partial charge in [0.05, 0.1) is 11.1 Å². The van der Waals surface area contributed by atoms with Crippen molar-refractivity contribution in [3.63, 3.8) is 0 Å². The Bertz CT molecular complexity index is 449. The monoisotopic (exact) mass is 299 g/mol. The van der Waals surface area contributed by atoms with E-state index in [0.717, 1.165) is 12.1 Å². The van der Waals surface area contributed by atoms with E-state index in [1.54, 1.807) is 20.8 Å². The zero-order valence-electron chi connectivity index (χ0n) is 11.4. The standard InChI is InChI=1S/C13H15F6N/c1-11(2,3)20(4)10-6-8(12(14,15)16)5-9(7-10)13(17,18)19/h5-7H,1-4H3. The molecular formula is C13H15F6N. The molecule has 20 heavy (non-hydrogen) atoms. The molecule has 1 aromatic rings. The summed E-state index contributed by atoms with van der Waals surface area (Å²) in [5.41, 5.74) is -3.34. The lowest BCUT2D eigenvalue weighted by molar-refractivity contribution is -0.143. The Labute approximate surface area is 113 Å². The fourth-order valence-corrected chi connectivity index (χ4v) is 1.52. The Morgan fingerprint density at radius 1 is 0.750 bits per heavy atom. The van der Waals surface area contributed by atoms with Crippen LogP contribution in [0.1, 0.15) is 31.9 Å². The third-order valence-electron chi connectivity index (χ3n) is 2.97. The quantitative estimate of drug-likeness (QED) is 0.663. The minimum Gasteiger partial charge on any atom is -0.370 e. The Morgan fingerprint density at radius 2 is 1.10 bits per heavy atom. The largest absolute Gasteiger partial charge is 0.416 e. The minimum atomic E-state index is -4.82. The lowest BCUT2D eigenvalue weighted by Crippen LogP contribution is -2.38. The van der Waals surface area contributed by atoms with Crippen LogP contribution in [0.4, 0.5) is 32.0 Å². The first kappa shape index (κ1) is 16.7. The molecule has 0 amide bonds. The van der Waals surface area contributed by atoms with Crippen LogP contribution < -0.4 is 4.90 Å². The summed E-state index contributed by atoms with van der Waals surface area (Å²) in [7, 11) is 1.45. The molecule has 0 unspecified atom stereocenters. The highest BCUT2D eigenvalue weighted by molar-refractivity contribution is 5.53. The van der Waals surface area contributed by atoms with Crippen LogP contribution in [0, 0.1) is 0 Å². The Hall–Kier alpha value is -1.40. The molecule has 0 saturated carbocycles. The summed E-state index contributed by atoms with van der Waals surface area (Å²) in [6, 6.07) is 1.57. The predicted octanol–water partition coefficient (Wildman–Crippen LogP) is 4.96. The van der Waals surface area contributed by atoms with Crippen LogP contribution in [0.5, 0.6) is 0 Å². The summed E-state index contributed by atoms with van der Waals surface area (Å²) in [5, 5.41) is 0. The maximum Gasteiger partial charge on any atom is 0.416 e. The van der Waals surface area contributed by atoms with Gasteiger partial charge in [-0.15, -0.1) is 0 Å². The van der Waals surface area contributed by atoms with Gasteiger partial charge in [0.25, 0.3) is 0 Å². The van der Waals surface area contributed by atoms with Gasteiger partial charge in [0, 0.05) is 18.3 Å². The van der Waals surface area contributed by atoms with Crippen molar-refractivity contribution in [3.05, 3.63) is 29.3 Å². The average molecular weight is 299 g/mol. The average Bonchev–Trinajstić information content (AvgIpc) is 2.23. The zero-order chi connectivity index (χ0) is 15.9. The summed E-state index contributed by atoms with van der Waals surface area (Å²) in [6.45, 7) is 5.08. The van der Waals surface area contributed by atoms with E-state index in [1.165, 1.54) is 11.9 Å². The van der Waals surface area contributed by atoms with Crippen LogP contribution in [0.25, 0.3) is 0 Å². The summed E-state index contributed by atoms with van der Waals surface area (Å²) in [5.74, 6) is 0. The number of hydrogen-bond donors (Lipinski definition) is 0. The fraction of sp³-hybridized carbons (Fsp3) is 0.538. The molecule has 0 radical (unpaired) electrons. The number of anilines is 1. The van der Waals surface area contributed by atoms with Gasteiger partial charge < -0.3 is 4.90 Å². The number of hydrogen-bond acceptors (Lipinski definition) is 1. The first-order chi connectivity index (χ1) is 8.73.